The average molecular weight is 376 g/mol. The predicted octanol–water partition coefficient (Wildman–Crippen LogP) is 3.43. The van der Waals surface area contributed by atoms with Crippen molar-refractivity contribution in [2.75, 3.05) is 5.32 Å². The zero-order valence-corrected chi connectivity index (χ0v) is 14.7. The Bertz CT molecular complexity index is 1000. The van der Waals surface area contributed by atoms with Gasteiger partial charge in [-0.2, -0.15) is 5.10 Å². The second-order valence-corrected chi connectivity index (χ2v) is 6.95. The first-order chi connectivity index (χ1) is 12.9. The molecule has 0 spiro atoms. The molecular weight excluding hydrogens is 357 g/mol. The molecule has 1 fully saturated rings. The van der Waals surface area contributed by atoms with Gasteiger partial charge in [0.15, 0.2) is 23.3 Å². The Kier molecular flexibility index (Phi) is 4.47. The van der Waals surface area contributed by atoms with E-state index in [0.29, 0.717) is 0 Å². The van der Waals surface area contributed by atoms with Crippen LogP contribution in [-0.4, -0.2) is 32.2 Å². The summed E-state index contributed by atoms with van der Waals surface area (Å²) in [5.41, 5.74) is 6.32. The largest absolute Gasteiger partial charge is 0.365 e. The van der Waals surface area contributed by atoms with Crippen LogP contribution < -0.4 is 11.1 Å². The van der Waals surface area contributed by atoms with Gasteiger partial charge in [-0.15, -0.1) is 0 Å². The van der Waals surface area contributed by atoms with Gasteiger partial charge in [0.2, 0.25) is 0 Å². The van der Waals surface area contributed by atoms with Crippen molar-refractivity contribution in [1.82, 2.24) is 20.2 Å². The molecule has 27 heavy (non-hydrogen) atoms. The first-order valence-corrected chi connectivity index (χ1v) is 8.82. The molecule has 0 amide bonds. The SMILES string of the molecule is Cc1nc(-c2n[nH]c3c(F)cc(F)cc23)nc(N[C@H]2CCC[C@@H](N)C2)c1F. The van der Waals surface area contributed by atoms with Crippen molar-refractivity contribution in [2.45, 2.75) is 44.7 Å². The van der Waals surface area contributed by atoms with E-state index in [-0.39, 0.29) is 46.0 Å². The molecule has 6 nitrogen and oxygen atoms in total. The van der Waals surface area contributed by atoms with Crippen LogP contribution in [0.15, 0.2) is 12.1 Å². The smallest absolute Gasteiger partial charge is 0.186 e. The van der Waals surface area contributed by atoms with Crippen molar-refractivity contribution in [3.8, 4) is 11.5 Å². The summed E-state index contributed by atoms with van der Waals surface area (Å²) in [4.78, 5) is 8.35. The maximum Gasteiger partial charge on any atom is 0.186 e. The maximum absolute atomic E-state index is 14.6. The van der Waals surface area contributed by atoms with Crippen molar-refractivity contribution in [3.05, 3.63) is 35.3 Å². The van der Waals surface area contributed by atoms with E-state index in [0.717, 1.165) is 37.8 Å². The first kappa shape index (κ1) is 17.7. The molecule has 1 aliphatic carbocycles. The molecule has 2 aromatic heterocycles. The molecule has 142 valence electrons. The number of halogens is 3. The number of rotatable bonds is 3. The van der Waals surface area contributed by atoms with Crippen molar-refractivity contribution >= 4 is 16.7 Å². The summed E-state index contributed by atoms with van der Waals surface area (Å²) in [6.07, 6.45) is 3.50. The van der Waals surface area contributed by atoms with Gasteiger partial charge in [0.1, 0.15) is 17.0 Å². The van der Waals surface area contributed by atoms with Gasteiger partial charge in [-0.1, -0.05) is 0 Å². The molecule has 1 aliphatic rings. The number of hydrogen-bond donors (Lipinski definition) is 3. The molecule has 4 rings (SSSR count). The number of aromatic amines is 1. The third kappa shape index (κ3) is 3.34. The minimum atomic E-state index is -0.767. The maximum atomic E-state index is 14.6. The summed E-state index contributed by atoms with van der Waals surface area (Å²) in [5, 5.41) is 9.83. The zero-order valence-electron chi connectivity index (χ0n) is 14.7. The fraction of sp³-hybridized carbons (Fsp3) is 0.389. The molecule has 1 saturated carbocycles. The number of anilines is 1. The second kappa shape index (κ2) is 6.80. The summed E-state index contributed by atoms with van der Waals surface area (Å²) >= 11 is 0. The molecule has 9 heteroatoms. The van der Waals surface area contributed by atoms with Crippen LogP contribution in [0.3, 0.4) is 0 Å². The lowest BCUT2D eigenvalue weighted by Crippen LogP contribution is -2.35. The van der Waals surface area contributed by atoms with Crippen molar-refractivity contribution in [2.24, 2.45) is 5.73 Å². The number of aryl methyl sites for hydroxylation is 1. The molecule has 1 aromatic carbocycles. The number of nitrogens with zero attached hydrogens (tertiary/aromatic N) is 3. The monoisotopic (exact) mass is 376 g/mol. The van der Waals surface area contributed by atoms with Crippen LogP contribution in [0.4, 0.5) is 19.0 Å². The molecule has 0 saturated heterocycles. The Morgan fingerprint density at radius 3 is 2.78 bits per heavy atom. The third-order valence-electron chi connectivity index (χ3n) is 4.87. The lowest BCUT2D eigenvalue weighted by atomic mass is 9.91. The predicted molar refractivity (Wildman–Crippen MR) is 95.6 cm³/mol. The van der Waals surface area contributed by atoms with Crippen LogP contribution in [0.25, 0.3) is 22.4 Å². The molecule has 0 unspecified atom stereocenters. The Hall–Kier alpha value is -2.68. The number of fused-ring (bicyclic) bond motifs is 1. The quantitative estimate of drug-likeness (QED) is 0.651. The third-order valence-corrected chi connectivity index (χ3v) is 4.87. The number of nitrogens with two attached hydrogens (primary N) is 1. The van der Waals surface area contributed by atoms with E-state index < -0.39 is 17.5 Å². The minimum absolute atomic E-state index is 0.0104. The molecule has 4 N–H and O–H groups in total. The topological polar surface area (TPSA) is 92.5 Å². The van der Waals surface area contributed by atoms with Crippen molar-refractivity contribution in [3.63, 3.8) is 0 Å². The summed E-state index contributed by atoms with van der Waals surface area (Å²) < 4.78 is 42.1. The Labute approximate surface area is 153 Å². The van der Waals surface area contributed by atoms with Crippen LogP contribution >= 0.6 is 0 Å². The van der Waals surface area contributed by atoms with Crippen LogP contribution in [0.1, 0.15) is 31.4 Å². The summed E-state index contributed by atoms with van der Waals surface area (Å²) in [6, 6.07) is 1.99. The Balaban J connectivity index is 1.75. The number of H-pyrrole nitrogens is 1. The highest BCUT2D eigenvalue weighted by Crippen LogP contribution is 2.29. The van der Waals surface area contributed by atoms with E-state index in [2.05, 4.69) is 25.5 Å². The van der Waals surface area contributed by atoms with Crippen molar-refractivity contribution < 1.29 is 13.2 Å². The Morgan fingerprint density at radius 2 is 2.00 bits per heavy atom. The fourth-order valence-corrected chi connectivity index (χ4v) is 3.53. The minimum Gasteiger partial charge on any atom is -0.365 e. The number of benzene rings is 1. The van der Waals surface area contributed by atoms with Gasteiger partial charge >= 0.3 is 0 Å². The number of nitrogens with one attached hydrogen (secondary N) is 2. The van der Waals surface area contributed by atoms with Crippen LogP contribution in [0.5, 0.6) is 0 Å². The van der Waals surface area contributed by atoms with E-state index in [1.807, 2.05) is 0 Å². The average Bonchev–Trinajstić information content (AvgIpc) is 3.03. The molecular formula is C18H19F3N6. The molecule has 2 atom stereocenters. The van der Waals surface area contributed by atoms with Gasteiger partial charge in [0.05, 0.1) is 5.69 Å². The highest BCUT2D eigenvalue weighted by Gasteiger charge is 2.23. The van der Waals surface area contributed by atoms with Gasteiger partial charge in [-0.25, -0.2) is 23.1 Å². The first-order valence-electron chi connectivity index (χ1n) is 8.82. The van der Waals surface area contributed by atoms with Gasteiger partial charge in [0, 0.05) is 23.5 Å². The zero-order chi connectivity index (χ0) is 19.1. The molecule has 0 bridgehead atoms. The van der Waals surface area contributed by atoms with E-state index >= 15 is 0 Å². The molecule has 2 heterocycles. The van der Waals surface area contributed by atoms with Crippen LogP contribution in [0.2, 0.25) is 0 Å². The van der Waals surface area contributed by atoms with E-state index in [4.69, 9.17) is 5.73 Å². The fourth-order valence-electron chi connectivity index (χ4n) is 3.53. The lowest BCUT2D eigenvalue weighted by molar-refractivity contribution is 0.407. The molecule has 3 aromatic rings. The van der Waals surface area contributed by atoms with Gasteiger partial charge < -0.3 is 11.1 Å². The van der Waals surface area contributed by atoms with E-state index in [1.165, 1.54) is 6.92 Å². The number of hydrogen-bond acceptors (Lipinski definition) is 5. The van der Waals surface area contributed by atoms with E-state index in [1.54, 1.807) is 0 Å². The second-order valence-electron chi connectivity index (χ2n) is 6.95. The van der Waals surface area contributed by atoms with Gasteiger partial charge in [-0.3, -0.25) is 5.10 Å². The van der Waals surface area contributed by atoms with Crippen LogP contribution in [-0.2, 0) is 0 Å². The summed E-state index contributed by atoms with van der Waals surface area (Å²) in [6.45, 7) is 1.51. The lowest BCUT2D eigenvalue weighted by Gasteiger charge is -2.28. The highest BCUT2D eigenvalue weighted by atomic mass is 19.1. The van der Waals surface area contributed by atoms with Gasteiger partial charge in [0.25, 0.3) is 0 Å². The highest BCUT2D eigenvalue weighted by molar-refractivity contribution is 5.91. The summed E-state index contributed by atoms with van der Waals surface area (Å²) in [7, 11) is 0. The standard InChI is InChI=1S/C18H19F3N6/c1-8-14(21)17(24-11-4-2-3-10(22)7-11)25-18(23-8)16-12-5-9(19)6-13(20)15(12)26-27-16/h5-6,10-11H,2-4,7,22H2,1H3,(H,26,27)(H,23,24,25)/t10-,11+/m1/s1. The Morgan fingerprint density at radius 1 is 1.19 bits per heavy atom. The molecule has 0 aliphatic heterocycles. The van der Waals surface area contributed by atoms with E-state index in [9.17, 15) is 13.2 Å². The normalized spacial score (nSPS) is 20.2. The molecule has 0 radical (unpaired) electrons. The van der Waals surface area contributed by atoms with Gasteiger partial charge in [-0.05, 0) is 38.7 Å². The number of aromatic nitrogens is 4. The summed E-state index contributed by atoms with van der Waals surface area (Å²) in [5.74, 6) is -1.93. The van der Waals surface area contributed by atoms with Crippen molar-refractivity contribution in [1.29, 1.82) is 0 Å². The van der Waals surface area contributed by atoms with Crippen LogP contribution in [0, 0.1) is 24.4 Å².